The largest absolute Gasteiger partial charge is 0.490 e. The third-order valence-electron chi connectivity index (χ3n) is 4.23. The van der Waals surface area contributed by atoms with E-state index >= 15 is 0 Å². The molecule has 1 aliphatic heterocycles. The van der Waals surface area contributed by atoms with Crippen LogP contribution >= 0.6 is 11.6 Å². The molecule has 136 valence electrons. The van der Waals surface area contributed by atoms with Gasteiger partial charge in [-0.2, -0.15) is 4.31 Å². The number of ether oxygens (including phenoxy) is 2. The van der Waals surface area contributed by atoms with Gasteiger partial charge in [0.25, 0.3) is 0 Å². The van der Waals surface area contributed by atoms with E-state index in [1.807, 2.05) is 6.92 Å². The lowest BCUT2D eigenvalue weighted by molar-refractivity contribution is 0.144. The summed E-state index contributed by atoms with van der Waals surface area (Å²) < 4.78 is 38.2. The molecule has 0 spiro atoms. The number of hydrogen-bond donors (Lipinski definition) is 1. The molecule has 24 heavy (non-hydrogen) atoms. The van der Waals surface area contributed by atoms with Crippen molar-refractivity contribution < 1.29 is 17.9 Å². The molecule has 1 aliphatic rings. The Morgan fingerprint density at radius 3 is 2.83 bits per heavy atom. The number of nitrogens with two attached hydrogens (primary N) is 1. The molecule has 1 saturated heterocycles. The first-order valence-corrected chi connectivity index (χ1v) is 9.85. The van der Waals surface area contributed by atoms with E-state index in [1.165, 1.54) is 10.4 Å². The Morgan fingerprint density at radius 1 is 1.42 bits per heavy atom. The maximum absolute atomic E-state index is 13.1. The second kappa shape index (κ2) is 8.49. The van der Waals surface area contributed by atoms with E-state index in [2.05, 4.69) is 0 Å². The zero-order valence-corrected chi connectivity index (χ0v) is 15.6. The summed E-state index contributed by atoms with van der Waals surface area (Å²) >= 11 is 6.02. The number of methoxy groups -OCH3 is 1. The molecular weight excluding hydrogens is 352 g/mol. The van der Waals surface area contributed by atoms with Crippen molar-refractivity contribution in [2.75, 3.05) is 33.4 Å². The fourth-order valence-electron chi connectivity index (χ4n) is 2.80. The predicted molar refractivity (Wildman–Crippen MR) is 94.0 cm³/mol. The second-order valence-corrected chi connectivity index (χ2v) is 8.40. The standard InChI is InChI=1S/C16H25ClN2O4S/c1-12(18)13-4-3-7-19(11-13)24(20,21)16-10-14(17)5-6-15(16)23-9-8-22-2/h5-6,10,12-13H,3-4,7-9,11,18H2,1-2H3. The van der Waals surface area contributed by atoms with E-state index in [0.29, 0.717) is 30.5 Å². The highest BCUT2D eigenvalue weighted by Crippen LogP contribution is 2.32. The van der Waals surface area contributed by atoms with Gasteiger partial charge in [-0.1, -0.05) is 11.6 Å². The van der Waals surface area contributed by atoms with Crippen molar-refractivity contribution in [2.45, 2.75) is 30.7 Å². The summed E-state index contributed by atoms with van der Waals surface area (Å²) in [6.45, 7) is 3.46. The van der Waals surface area contributed by atoms with Crippen LogP contribution in [0.4, 0.5) is 0 Å². The van der Waals surface area contributed by atoms with Crippen LogP contribution < -0.4 is 10.5 Å². The fraction of sp³-hybridized carbons (Fsp3) is 0.625. The molecule has 2 unspecified atom stereocenters. The molecule has 1 aromatic rings. The van der Waals surface area contributed by atoms with Gasteiger partial charge in [-0.25, -0.2) is 8.42 Å². The average molecular weight is 377 g/mol. The molecule has 0 amide bonds. The van der Waals surface area contributed by atoms with Crippen LogP contribution in [0.5, 0.6) is 5.75 Å². The zero-order chi connectivity index (χ0) is 17.7. The molecule has 1 aromatic carbocycles. The second-order valence-electron chi connectivity index (χ2n) is 6.06. The smallest absolute Gasteiger partial charge is 0.246 e. The molecule has 0 aromatic heterocycles. The molecule has 2 atom stereocenters. The van der Waals surface area contributed by atoms with Gasteiger partial charge < -0.3 is 15.2 Å². The van der Waals surface area contributed by atoms with Gasteiger partial charge in [-0.3, -0.25) is 0 Å². The molecule has 0 radical (unpaired) electrons. The predicted octanol–water partition coefficient (Wildman–Crippen LogP) is 2.11. The highest BCUT2D eigenvalue weighted by Gasteiger charge is 2.33. The van der Waals surface area contributed by atoms with Crippen molar-refractivity contribution in [3.05, 3.63) is 23.2 Å². The lowest BCUT2D eigenvalue weighted by Crippen LogP contribution is -2.45. The third kappa shape index (κ3) is 4.61. The lowest BCUT2D eigenvalue weighted by Gasteiger charge is -2.34. The molecule has 0 aliphatic carbocycles. The van der Waals surface area contributed by atoms with Gasteiger partial charge in [0, 0.05) is 31.3 Å². The highest BCUT2D eigenvalue weighted by atomic mass is 35.5. The van der Waals surface area contributed by atoms with E-state index in [0.717, 1.165) is 12.8 Å². The van der Waals surface area contributed by atoms with E-state index in [4.69, 9.17) is 26.8 Å². The number of sulfonamides is 1. The van der Waals surface area contributed by atoms with Crippen LogP contribution in [-0.2, 0) is 14.8 Å². The van der Waals surface area contributed by atoms with Crippen LogP contribution in [0.15, 0.2) is 23.1 Å². The highest BCUT2D eigenvalue weighted by molar-refractivity contribution is 7.89. The molecule has 1 heterocycles. The van der Waals surface area contributed by atoms with Crippen LogP contribution in [-0.4, -0.2) is 52.2 Å². The summed E-state index contributed by atoms with van der Waals surface area (Å²) in [4.78, 5) is 0.0939. The van der Waals surface area contributed by atoms with Gasteiger partial charge in [0.05, 0.1) is 6.61 Å². The summed E-state index contributed by atoms with van der Waals surface area (Å²) in [6, 6.07) is 4.59. The van der Waals surface area contributed by atoms with Gasteiger partial charge in [0.1, 0.15) is 17.3 Å². The summed E-state index contributed by atoms with van der Waals surface area (Å²) in [5.74, 6) is 0.449. The first-order chi connectivity index (χ1) is 11.4. The quantitative estimate of drug-likeness (QED) is 0.737. The first-order valence-electron chi connectivity index (χ1n) is 8.03. The Labute approximate surface area is 148 Å². The SMILES string of the molecule is COCCOc1ccc(Cl)cc1S(=O)(=O)N1CCCC(C(C)N)C1. The number of halogens is 1. The molecule has 6 nitrogen and oxygen atoms in total. The maximum atomic E-state index is 13.1. The monoisotopic (exact) mass is 376 g/mol. The van der Waals surface area contributed by atoms with Gasteiger partial charge in [0.2, 0.25) is 10.0 Å². The molecular formula is C16H25ClN2O4S. The number of benzene rings is 1. The van der Waals surface area contributed by atoms with E-state index in [1.54, 1.807) is 19.2 Å². The third-order valence-corrected chi connectivity index (χ3v) is 6.35. The lowest BCUT2D eigenvalue weighted by atomic mass is 9.93. The number of piperidine rings is 1. The van der Waals surface area contributed by atoms with Gasteiger partial charge in [0.15, 0.2) is 0 Å². The summed E-state index contributed by atoms with van der Waals surface area (Å²) in [6.07, 6.45) is 1.74. The molecule has 1 fully saturated rings. The maximum Gasteiger partial charge on any atom is 0.246 e. The molecule has 0 saturated carbocycles. The molecule has 0 bridgehead atoms. The minimum Gasteiger partial charge on any atom is -0.490 e. The minimum atomic E-state index is -3.69. The van der Waals surface area contributed by atoms with Gasteiger partial charge in [-0.05, 0) is 43.9 Å². The number of rotatable bonds is 7. The Bertz CT molecular complexity index is 651. The molecule has 8 heteroatoms. The van der Waals surface area contributed by atoms with Gasteiger partial charge in [-0.15, -0.1) is 0 Å². The van der Waals surface area contributed by atoms with Crippen molar-refractivity contribution in [3.8, 4) is 5.75 Å². The Balaban J connectivity index is 2.29. The summed E-state index contributed by atoms with van der Waals surface area (Å²) in [7, 11) is -2.13. The Hall–Kier alpha value is -0.860. The zero-order valence-electron chi connectivity index (χ0n) is 14.1. The van der Waals surface area contributed by atoms with Crippen molar-refractivity contribution in [1.82, 2.24) is 4.31 Å². The van der Waals surface area contributed by atoms with Crippen LogP contribution in [0.2, 0.25) is 5.02 Å². The topological polar surface area (TPSA) is 81.9 Å². The van der Waals surface area contributed by atoms with Crippen LogP contribution in [0.1, 0.15) is 19.8 Å². The average Bonchev–Trinajstić information content (AvgIpc) is 2.56. The van der Waals surface area contributed by atoms with E-state index in [-0.39, 0.29) is 23.5 Å². The summed E-state index contributed by atoms with van der Waals surface area (Å²) in [5.41, 5.74) is 5.97. The van der Waals surface area contributed by atoms with Crippen molar-refractivity contribution in [3.63, 3.8) is 0 Å². The normalized spacial score (nSPS) is 20.8. The molecule has 2 N–H and O–H groups in total. The minimum absolute atomic E-state index is 0.0419. The van der Waals surface area contributed by atoms with Crippen molar-refractivity contribution in [2.24, 2.45) is 11.7 Å². The first kappa shape index (κ1) is 19.5. The van der Waals surface area contributed by atoms with E-state index in [9.17, 15) is 8.42 Å². The van der Waals surface area contributed by atoms with Crippen LogP contribution in [0.25, 0.3) is 0 Å². The fourth-order valence-corrected chi connectivity index (χ4v) is 4.73. The Kier molecular flexibility index (Phi) is 6.88. The number of nitrogens with zero attached hydrogens (tertiary/aromatic N) is 1. The van der Waals surface area contributed by atoms with Crippen LogP contribution in [0, 0.1) is 5.92 Å². The Morgan fingerprint density at radius 2 is 2.17 bits per heavy atom. The van der Waals surface area contributed by atoms with E-state index < -0.39 is 10.0 Å². The van der Waals surface area contributed by atoms with Crippen molar-refractivity contribution in [1.29, 1.82) is 0 Å². The van der Waals surface area contributed by atoms with Crippen LogP contribution in [0.3, 0.4) is 0 Å². The summed E-state index contributed by atoms with van der Waals surface area (Å²) in [5, 5.41) is 0.355. The number of hydrogen-bond acceptors (Lipinski definition) is 5. The van der Waals surface area contributed by atoms with Gasteiger partial charge >= 0.3 is 0 Å². The van der Waals surface area contributed by atoms with Crippen molar-refractivity contribution >= 4 is 21.6 Å². The molecule has 2 rings (SSSR count).